The Morgan fingerprint density at radius 2 is 1.69 bits per heavy atom. The Labute approximate surface area is 210 Å². The van der Waals surface area contributed by atoms with Gasteiger partial charge in [0.25, 0.3) is 0 Å². The molecule has 36 heavy (non-hydrogen) atoms. The van der Waals surface area contributed by atoms with Gasteiger partial charge in [-0.2, -0.15) is 4.31 Å². The molecule has 5 rings (SSSR count). The molecule has 0 aromatic heterocycles. The average Bonchev–Trinajstić information content (AvgIpc) is 3.34. The minimum Gasteiger partial charge on any atom is -0.368 e. The molecule has 2 saturated heterocycles. The first-order valence-electron chi connectivity index (χ1n) is 12.4. The van der Waals surface area contributed by atoms with Crippen LogP contribution < -0.4 is 4.90 Å². The zero-order valence-electron chi connectivity index (χ0n) is 20.1. The molecule has 1 saturated carbocycles. The first-order valence-corrected chi connectivity index (χ1v) is 13.9. The van der Waals surface area contributed by atoms with Crippen LogP contribution in [0.5, 0.6) is 0 Å². The van der Waals surface area contributed by atoms with E-state index in [9.17, 15) is 8.42 Å². The third-order valence-electron chi connectivity index (χ3n) is 8.07. The summed E-state index contributed by atoms with van der Waals surface area (Å²) < 4.78 is 59.1. The molecule has 0 radical (unpaired) electrons. The van der Waals surface area contributed by atoms with Gasteiger partial charge in [-0.05, 0) is 30.9 Å². The van der Waals surface area contributed by atoms with Crippen LogP contribution in [-0.4, -0.2) is 55.5 Å². The molecule has 1 aliphatic carbocycles. The van der Waals surface area contributed by atoms with Crippen molar-refractivity contribution in [1.82, 2.24) is 9.21 Å². The Hall–Kier alpha value is -2.85. The Morgan fingerprint density at radius 1 is 1.03 bits per heavy atom. The third-order valence-corrected chi connectivity index (χ3v) is 10.4. The van der Waals surface area contributed by atoms with Crippen LogP contribution >= 0.6 is 0 Å². The Kier molecular flexibility index (Phi) is 6.59. The maximum absolute atomic E-state index is 15.3. The number of nitrogens with one attached hydrogen (secondary N) is 2. The highest BCUT2D eigenvalue weighted by atomic mass is 32.2. The zero-order chi connectivity index (χ0) is 25.6. The molecule has 3 fully saturated rings. The van der Waals surface area contributed by atoms with Crippen molar-refractivity contribution in [2.45, 2.75) is 50.1 Å². The van der Waals surface area contributed by atoms with Crippen molar-refractivity contribution < 1.29 is 17.2 Å². The maximum atomic E-state index is 15.3. The first kappa shape index (κ1) is 24.8. The number of nitrogens with zero attached hydrogens (tertiary/aromatic N) is 3. The monoisotopic (exact) mass is 515 g/mol. The minimum absolute atomic E-state index is 0.0352. The van der Waals surface area contributed by atoms with Crippen molar-refractivity contribution >= 4 is 28.4 Å². The molecule has 3 aliphatic rings. The van der Waals surface area contributed by atoms with Crippen LogP contribution in [0.4, 0.5) is 14.5 Å². The van der Waals surface area contributed by atoms with Gasteiger partial charge in [0.1, 0.15) is 16.9 Å². The van der Waals surface area contributed by atoms with Gasteiger partial charge < -0.3 is 9.80 Å². The van der Waals surface area contributed by atoms with Gasteiger partial charge in [0.15, 0.2) is 0 Å². The normalized spacial score (nSPS) is 29.0. The summed E-state index contributed by atoms with van der Waals surface area (Å²) in [6.07, 6.45) is 4.01. The standard InChI is InChI=1S/C26H31F2N5O2S/c1-2-19-8-9-25(17-6-4-3-5-7-17)36(34,35)33(19)12-18-10-23(28)24(11-22(18)27)31-13-20-21(14-31)26(20)32(15-29)16-30/h3-7,10-11,15-16,19-21,25-26,29-30H,2,8-9,12-14H2,1H3/t19-,20-,21+,25+,26+/m0/s1. The fraction of sp³-hybridized carbons (Fsp3) is 0.462. The van der Waals surface area contributed by atoms with Gasteiger partial charge in [-0.1, -0.05) is 37.3 Å². The lowest BCUT2D eigenvalue weighted by Crippen LogP contribution is -2.46. The van der Waals surface area contributed by atoms with E-state index in [2.05, 4.69) is 0 Å². The molecule has 0 unspecified atom stereocenters. The number of hydrogen-bond donors (Lipinski definition) is 2. The van der Waals surface area contributed by atoms with Crippen LogP contribution in [0.15, 0.2) is 42.5 Å². The lowest BCUT2D eigenvalue weighted by atomic mass is 10.0. The largest absolute Gasteiger partial charge is 0.368 e. The summed E-state index contributed by atoms with van der Waals surface area (Å²) in [4.78, 5) is 3.34. The highest BCUT2D eigenvalue weighted by Crippen LogP contribution is 2.50. The second-order valence-electron chi connectivity index (χ2n) is 9.95. The topological polar surface area (TPSA) is 91.6 Å². The molecule has 0 amide bonds. The summed E-state index contributed by atoms with van der Waals surface area (Å²) in [6, 6.07) is 11.2. The number of rotatable bonds is 8. The van der Waals surface area contributed by atoms with Gasteiger partial charge in [-0.3, -0.25) is 10.8 Å². The number of sulfonamides is 1. The second-order valence-corrected chi connectivity index (χ2v) is 12.0. The quantitative estimate of drug-likeness (QED) is 0.404. The van der Waals surface area contributed by atoms with Gasteiger partial charge >= 0.3 is 0 Å². The molecule has 0 spiro atoms. The van der Waals surface area contributed by atoms with Gasteiger partial charge in [-0.15, -0.1) is 0 Å². The van der Waals surface area contributed by atoms with Crippen LogP contribution in [-0.2, 0) is 16.6 Å². The van der Waals surface area contributed by atoms with Crippen molar-refractivity contribution in [3.8, 4) is 0 Å². The van der Waals surface area contributed by atoms with E-state index in [1.54, 1.807) is 21.9 Å². The van der Waals surface area contributed by atoms with Crippen molar-refractivity contribution in [3.63, 3.8) is 0 Å². The van der Waals surface area contributed by atoms with Gasteiger partial charge in [0.2, 0.25) is 10.0 Å². The van der Waals surface area contributed by atoms with Crippen molar-refractivity contribution in [2.24, 2.45) is 11.8 Å². The molecule has 7 nitrogen and oxygen atoms in total. The van der Waals surface area contributed by atoms with E-state index in [4.69, 9.17) is 10.8 Å². The molecule has 2 aromatic rings. The summed E-state index contributed by atoms with van der Waals surface area (Å²) in [5.74, 6) is -0.776. The summed E-state index contributed by atoms with van der Waals surface area (Å²) in [5.41, 5.74) is 0.928. The van der Waals surface area contributed by atoms with E-state index in [0.29, 0.717) is 32.4 Å². The third kappa shape index (κ3) is 4.20. The van der Waals surface area contributed by atoms with Crippen LogP contribution in [0.1, 0.15) is 42.6 Å². The highest BCUT2D eigenvalue weighted by Gasteiger charge is 2.58. The smallest absolute Gasteiger partial charge is 0.221 e. The van der Waals surface area contributed by atoms with E-state index >= 15 is 8.78 Å². The average molecular weight is 516 g/mol. The molecular formula is C26H31F2N5O2S. The predicted molar refractivity (Wildman–Crippen MR) is 136 cm³/mol. The number of fused-ring (bicyclic) bond motifs is 1. The Balaban J connectivity index is 1.36. The summed E-state index contributed by atoms with van der Waals surface area (Å²) >= 11 is 0. The minimum atomic E-state index is -3.76. The number of anilines is 1. The van der Waals surface area contributed by atoms with Crippen LogP contribution in [0.25, 0.3) is 0 Å². The molecule has 2 N–H and O–H groups in total. The number of halogens is 2. The highest BCUT2D eigenvalue weighted by molar-refractivity contribution is 7.89. The molecule has 0 bridgehead atoms. The molecular weight excluding hydrogens is 484 g/mol. The lowest BCUT2D eigenvalue weighted by molar-refractivity contribution is 0.256. The lowest BCUT2D eigenvalue weighted by Gasteiger charge is -2.39. The molecule has 5 atom stereocenters. The molecule has 2 heterocycles. The number of benzene rings is 2. The van der Waals surface area contributed by atoms with Crippen LogP contribution in [0.2, 0.25) is 0 Å². The van der Waals surface area contributed by atoms with Crippen molar-refractivity contribution in [2.75, 3.05) is 18.0 Å². The summed E-state index contributed by atoms with van der Waals surface area (Å²) in [7, 11) is -3.76. The van der Waals surface area contributed by atoms with Crippen LogP contribution in [0.3, 0.4) is 0 Å². The van der Waals surface area contributed by atoms with Gasteiger partial charge in [0, 0.05) is 55.2 Å². The first-order chi connectivity index (χ1) is 17.3. The fourth-order valence-electron chi connectivity index (χ4n) is 6.09. The van der Waals surface area contributed by atoms with E-state index in [1.165, 1.54) is 10.4 Å². The zero-order valence-corrected chi connectivity index (χ0v) is 21.0. The van der Waals surface area contributed by atoms with Crippen molar-refractivity contribution in [1.29, 1.82) is 10.8 Å². The number of piperidine rings is 1. The van der Waals surface area contributed by atoms with Gasteiger partial charge in [-0.25, -0.2) is 17.2 Å². The molecule has 192 valence electrons. The summed E-state index contributed by atoms with van der Waals surface area (Å²) in [5, 5.41) is 14.1. The molecule has 10 heteroatoms. The molecule has 2 aromatic carbocycles. The Morgan fingerprint density at radius 3 is 2.31 bits per heavy atom. The maximum Gasteiger partial charge on any atom is 0.221 e. The van der Waals surface area contributed by atoms with Crippen molar-refractivity contribution in [3.05, 3.63) is 65.2 Å². The fourth-order valence-corrected chi connectivity index (χ4v) is 8.34. The number of hydrogen-bond acceptors (Lipinski definition) is 5. The predicted octanol–water partition coefficient (Wildman–Crippen LogP) is 4.36. The molecule has 2 aliphatic heterocycles. The van der Waals surface area contributed by atoms with Gasteiger partial charge in [0.05, 0.1) is 18.4 Å². The van der Waals surface area contributed by atoms with Crippen LogP contribution in [0, 0.1) is 34.3 Å². The SMILES string of the molecule is CC[C@H]1CC[C@H](c2ccccc2)S(=O)(=O)N1Cc1cc(F)c(N2C[C@@H]3[C@H](C2)[C@H]3N(C=N)C=N)cc1F. The summed E-state index contributed by atoms with van der Waals surface area (Å²) in [6.45, 7) is 2.77. The van der Waals surface area contributed by atoms with E-state index in [1.807, 2.05) is 25.1 Å². The Bertz CT molecular complexity index is 1240. The van der Waals surface area contributed by atoms with E-state index in [-0.39, 0.29) is 41.7 Å². The van der Waals surface area contributed by atoms with E-state index < -0.39 is 26.9 Å². The van der Waals surface area contributed by atoms with E-state index in [0.717, 1.165) is 24.3 Å². The second kappa shape index (κ2) is 9.55.